The molecule has 2 aromatic carbocycles. The first-order valence-electron chi connectivity index (χ1n) is 8.70. The molecule has 0 radical (unpaired) electrons. The van der Waals surface area contributed by atoms with Gasteiger partial charge in [-0.25, -0.2) is 18.6 Å². The molecule has 0 aliphatic rings. The maximum absolute atomic E-state index is 13.6. The quantitative estimate of drug-likeness (QED) is 0.511. The van der Waals surface area contributed by atoms with Gasteiger partial charge >= 0.3 is 6.03 Å². The molecule has 4 aromatic rings. The number of imidazole rings is 1. The number of amides is 2. The predicted octanol–water partition coefficient (Wildman–Crippen LogP) is 4.38. The van der Waals surface area contributed by atoms with E-state index >= 15 is 0 Å². The zero-order valence-electron chi connectivity index (χ0n) is 15.3. The van der Waals surface area contributed by atoms with Gasteiger partial charge in [0.15, 0.2) is 5.82 Å². The number of carbonyl (C=O) groups is 1. The van der Waals surface area contributed by atoms with Gasteiger partial charge in [-0.15, -0.1) is 10.2 Å². The van der Waals surface area contributed by atoms with Gasteiger partial charge in [0.05, 0.1) is 5.69 Å². The minimum atomic E-state index is -0.867. The summed E-state index contributed by atoms with van der Waals surface area (Å²) in [6, 6.07) is 12.1. The standard InChI is InChI=1S/C20H14F2N6O2/c21-13-1-6-17(16(22)11-13)25-20(29)24-14-2-4-15(5-3-14)30-19-8-7-18(26-27-19)28-10-9-23-12-28/h1-12H,(H2,24,25,29). The van der Waals surface area contributed by atoms with Crippen molar-refractivity contribution in [3.63, 3.8) is 0 Å². The number of benzene rings is 2. The molecule has 10 heteroatoms. The van der Waals surface area contributed by atoms with Gasteiger partial charge in [0, 0.05) is 30.2 Å². The minimum absolute atomic E-state index is 0.133. The highest BCUT2D eigenvalue weighted by Crippen LogP contribution is 2.22. The van der Waals surface area contributed by atoms with Crippen LogP contribution in [0.5, 0.6) is 11.6 Å². The molecule has 0 unspecified atom stereocenters. The van der Waals surface area contributed by atoms with Crippen molar-refractivity contribution in [1.82, 2.24) is 19.7 Å². The first-order chi connectivity index (χ1) is 14.6. The normalized spacial score (nSPS) is 10.5. The third-order valence-electron chi connectivity index (χ3n) is 3.91. The smallest absolute Gasteiger partial charge is 0.323 e. The third-order valence-corrected chi connectivity index (χ3v) is 3.91. The summed E-state index contributed by atoms with van der Waals surface area (Å²) < 4.78 is 33.8. The largest absolute Gasteiger partial charge is 0.438 e. The fourth-order valence-corrected chi connectivity index (χ4v) is 2.50. The number of rotatable bonds is 5. The molecule has 0 spiro atoms. The van der Waals surface area contributed by atoms with Crippen molar-refractivity contribution in [2.24, 2.45) is 0 Å². The Bertz CT molecular complexity index is 1150. The van der Waals surface area contributed by atoms with E-state index in [-0.39, 0.29) is 5.69 Å². The minimum Gasteiger partial charge on any atom is -0.438 e. The summed E-state index contributed by atoms with van der Waals surface area (Å²) >= 11 is 0. The number of aromatic nitrogens is 4. The van der Waals surface area contributed by atoms with E-state index in [1.807, 2.05) is 0 Å². The predicted molar refractivity (Wildman–Crippen MR) is 105 cm³/mol. The highest BCUT2D eigenvalue weighted by molar-refractivity contribution is 5.99. The molecule has 2 heterocycles. The lowest BCUT2D eigenvalue weighted by atomic mass is 10.3. The second-order valence-corrected chi connectivity index (χ2v) is 6.03. The van der Waals surface area contributed by atoms with Crippen LogP contribution in [0, 0.1) is 11.6 Å². The number of hydrogen-bond donors (Lipinski definition) is 2. The Kier molecular flexibility index (Phi) is 5.29. The molecule has 2 N–H and O–H groups in total. The average Bonchev–Trinajstić information content (AvgIpc) is 3.27. The molecule has 0 aliphatic carbocycles. The van der Waals surface area contributed by atoms with Gasteiger partial charge in [-0.3, -0.25) is 4.57 Å². The third kappa shape index (κ3) is 4.55. The number of ether oxygens (including phenoxy) is 1. The molecule has 0 saturated heterocycles. The second kappa shape index (κ2) is 8.35. The van der Waals surface area contributed by atoms with Crippen LogP contribution in [0.4, 0.5) is 25.0 Å². The Morgan fingerprint density at radius 1 is 0.967 bits per heavy atom. The zero-order chi connectivity index (χ0) is 20.9. The molecule has 2 aromatic heterocycles. The molecular weight excluding hydrogens is 394 g/mol. The van der Waals surface area contributed by atoms with Gasteiger partial charge in [0.2, 0.25) is 5.88 Å². The van der Waals surface area contributed by atoms with Gasteiger partial charge in [0.1, 0.15) is 23.7 Å². The van der Waals surface area contributed by atoms with Crippen molar-refractivity contribution < 1.29 is 18.3 Å². The molecule has 2 amide bonds. The topological polar surface area (TPSA) is 94.0 Å². The van der Waals surface area contributed by atoms with E-state index < -0.39 is 17.7 Å². The number of hydrogen-bond acceptors (Lipinski definition) is 5. The second-order valence-electron chi connectivity index (χ2n) is 6.03. The summed E-state index contributed by atoms with van der Waals surface area (Å²) in [5, 5.41) is 12.9. The monoisotopic (exact) mass is 408 g/mol. The Morgan fingerprint density at radius 2 is 1.80 bits per heavy atom. The molecule has 0 bridgehead atoms. The molecular formula is C20H14F2N6O2. The Hall–Kier alpha value is -4.34. The highest BCUT2D eigenvalue weighted by atomic mass is 19.1. The molecule has 0 atom stereocenters. The number of urea groups is 1. The lowest BCUT2D eigenvalue weighted by molar-refractivity contribution is 0.262. The van der Waals surface area contributed by atoms with Crippen LogP contribution in [0.15, 0.2) is 73.3 Å². The van der Waals surface area contributed by atoms with Crippen LogP contribution in [0.25, 0.3) is 5.82 Å². The lowest BCUT2D eigenvalue weighted by Gasteiger charge is -2.09. The fourth-order valence-electron chi connectivity index (χ4n) is 2.50. The van der Waals surface area contributed by atoms with Gasteiger partial charge in [-0.2, -0.15) is 0 Å². The molecule has 0 fully saturated rings. The molecule has 150 valence electrons. The summed E-state index contributed by atoms with van der Waals surface area (Å²) in [6.07, 6.45) is 4.99. The molecule has 0 saturated carbocycles. The van der Waals surface area contributed by atoms with Gasteiger partial charge < -0.3 is 15.4 Å². The summed E-state index contributed by atoms with van der Waals surface area (Å²) in [6.45, 7) is 0. The average molecular weight is 408 g/mol. The number of carbonyl (C=O) groups excluding carboxylic acids is 1. The lowest BCUT2D eigenvalue weighted by Crippen LogP contribution is -2.20. The van der Waals surface area contributed by atoms with E-state index in [9.17, 15) is 13.6 Å². The van der Waals surface area contributed by atoms with Crippen molar-refractivity contribution in [3.8, 4) is 17.4 Å². The first kappa shape index (κ1) is 19.0. The maximum Gasteiger partial charge on any atom is 0.323 e. The summed E-state index contributed by atoms with van der Waals surface area (Å²) in [5.41, 5.74) is 0.315. The molecule has 0 aliphatic heterocycles. The van der Waals surface area contributed by atoms with E-state index in [4.69, 9.17) is 4.74 Å². The number of anilines is 2. The van der Waals surface area contributed by atoms with Crippen LogP contribution in [-0.2, 0) is 0 Å². The summed E-state index contributed by atoms with van der Waals surface area (Å²) in [4.78, 5) is 15.9. The van der Waals surface area contributed by atoms with Gasteiger partial charge in [-0.1, -0.05) is 0 Å². The Balaban J connectivity index is 1.35. The zero-order valence-corrected chi connectivity index (χ0v) is 15.3. The highest BCUT2D eigenvalue weighted by Gasteiger charge is 2.09. The van der Waals surface area contributed by atoms with Crippen molar-refractivity contribution in [3.05, 3.63) is 85.0 Å². The van der Waals surface area contributed by atoms with Crippen LogP contribution < -0.4 is 15.4 Å². The van der Waals surface area contributed by atoms with E-state index in [0.717, 1.165) is 12.1 Å². The van der Waals surface area contributed by atoms with Crippen LogP contribution in [0.3, 0.4) is 0 Å². The van der Waals surface area contributed by atoms with E-state index in [1.165, 1.54) is 0 Å². The van der Waals surface area contributed by atoms with Gasteiger partial charge in [-0.05, 0) is 42.5 Å². The maximum atomic E-state index is 13.6. The fraction of sp³-hybridized carbons (Fsp3) is 0. The molecule has 30 heavy (non-hydrogen) atoms. The molecule has 4 rings (SSSR count). The van der Waals surface area contributed by atoms with Crippen molar-refractivity contribution in [2.75, 3.05) is 10.6 Å². The van der Waals surface area contributed by atoms with Gasteiger partial charge in [0.25, 0.3) is 0 Å². The number of nitrogens with zero attached hydrogens (tertiary/aromatic N) is 4. The summed E-state index contributed by atoms with van der Waals surface area (Å²) in [5.74, 6) is -0.216. The van der Waals surface area contributed by atoms with Crippen LogP contribution >= 0.6 is 0 Å². The Labute approximate surface area is 169 Å². The Morgan fingerprint density at radius 3 is 2.47 bits per heavy atom. The van der Waals surface area contributed by atoms with Crippen molar-refractivity contribution >= 4 is 17.4 Å². The number of nitrogens with one attached hydrogen (secondary N) is 2. The summed E-state index contributed by atoms with van der Waals surface area (Å²) in [7, 11) is 0. The van der Waals surface area contributed by atoms with Crippen LogP contribution in [0.1, 0.15) is 0 Å². The SMILES string of the molecule is O=C(Nc1ccc(Oc2ccc(-n3ccnc3)nn2)cc1)Nc1ccc(F)cc1F. The van der Waals surface area contributed by atoms with Crippen molar-refractivity contribution in [1.29, 1.82) is 0 Å². The van der Waals surface area contributed by atoms with E-state index in [0.29, 0.717) is 29.2 Å². The first-order valence-corrected chi connectivity index (χ1v) is 8.70. The van der Waals surface area contributed by atoms with E-state index in [2.05, 4.69) is 25.8 Å². The number of halogens is 2. The van der Waals surface area contributed by atoms with Crippen LogP contribution in [0.2, 0.25) is 0 Å². The van der Waals surface area contributed by atoms with Crippen molar-refractivity contribution in [2.45, 2.75) is 0 Å². The van der Waals surface area contributed by atoms with Crippen LogP contribution in [-0.4, -0.2) is 25.8 Å². The van der Waals surface area contributed by atoms with E-state index in [1.54, 1.807) is 59.7 Å². The molecule has 8 nitrogen and oxygen atoms in total.